The fraction of sp³-hybridized carbons (Fsp3) is 0.643. The summed E-state index contributed by atoms with van der Waals surface area (Å²) < 4.78 is 30.3. The van der Waals surface area contributed by atoms with Crippen molar-refractivity contribution in [3.8, 4) is 0 Å². The molecule has 1 unspecified atom stereocenters. The molecule has 0 spiro atoms. The smallest absolute Gasteiger partial charge is 0.410 e. The van der Waals surface area contributed by atoms with Gasteiger partial charge in [-0.05, 0) is 33.6 Å². The molecule has 1 atom stereocenters. The zero-order chi connectivity index (χ0) is 17.3. The van der Waals surface area contributed by atoms with Crippen molar-refractivity contribution in [1.82, 2.24) is 14.9 Å². The summed E-state index contributed by atoms with van der Waals surface area (Å²) in [6.45, 7) is 5.81. The lowest BCUT2D eigenvalue weighted by Crippen LogP contribution is -2.42. The summed E-state index contributed by atoms with van der Waals surface area (Å²) in [5.41, 5.74) is -0.622. The minimum absolute atomic E-state index is 0.0639. The highest BCUT2D eigenvalue weighted by Gasteiger charge is 2.35. The van der Waals surface area contributed by atoms with Crippen LogP contribution in [0.3, 0.4) is 0 Å². The van der Waals surface area contributed by atoms with Crippen LogP contribution in [0.5, 0.6) is 0 Å². The number of sulfone groups is 1. The SMILES string of the molecule is CC(C)(C)OC(=O)N1CCCC1CS(=O)(=O)c1cc(Cl)ncn1. The number of ether oxygens (including phenoxy) is 1. The van der Waals surface area contributed by atoms with Gasteiger partial charge in [0, 0.05) is 18.7 Å². The van der Waals surface area contributed by atoms with Crippen LogP contribution in [0.15, 0.2) is 17.4 Å². The average Bonchev–Trinajstić information content (AvgIpc) is 2.84. The van der Waals surface area contributed by atoms with E-state index in [-0.39, 0.29) is 15.9 Å². The van der Waals surface area contributed by atoms with Crippen LogP contribution in [-0.2, 0) is 14.6 Å². The van der Waals surface area contributed by atoms with Gasteiger partial charge in [0.25, 0.3) is 0 Å². The number of aromatic nitrogens is 2. The number of hydrogen-bond donors (Lipinski definition) is 0. The van der Waals surface area contributed by atoms with E-state index in [1.165, 1.54) is 11.0 Å². The second kappa shape index (κ2) is 6.60. The van der Waals surface area contributed by atoms with Crippen molar-refractivity contribution in [3.63, 3.8) is 0 Å². The molecule has 1 aliphatic heterocycles. The number of rotatable bonds is 3. The highest BCUT2D eigenvalue weighted by Crippen LogP contribution is 2.24. The molecule has 0 radical (unpaired) electrons. The first-order valence-electron chi connectivity index (χ1n) is 7.28. The van der Waals surface area contributed by atoms with Gasteiger partial charge < -0.3 is 9.64 Å². The van der Waals surface area contributed by atoms with Crippen LogP contribution in [0.4, 0.5) is 4.79 Å². The highest BCUT2D eigenvalue weighted by atomic mass is 35.5. The van der Waals surface area contributed by atoms with Gasteiger partial charge in [-0.2, -0.15) is 0 Å². The molecule has 1 saturated heterocycles. The molecule has 0 aromatic carbocycles. The molecule has 1 aromatic heterocycles. The lowest BCUT2D eigenvalue weighted by molar-refractivity contribution is 0.0241. The van der Waals surface area contributed by atoms with Gasteiger partial charge in [0.15, 0.2) is 14.9 Å². The van der Waals surface area contributed by atoms with Gasteiger partial charge in [0.1, 0.15) is 17.1 Å². The molecule has 1 aromatic rings. The van der Waals surface area contributed by atoms with Crippen molar-refractivity contribution in [2.75, 3.05) is 12.3 Å². The first-order chi connectivity index (χ1) is 10.6. The summed E-state index contributed by atoms with van der Waals surface area (Å²) in [7, 11) is -3.66. The topological polar surface area (TPSA) is 89.5 Å². The molecule has 9 heteroatoms. The minimum atomic E-state index is -3.66. The Morgan fingerprint density at radius 3 is 2.74 bits per heavy atom. The molecule has 0 aliphatic carbocycles. The molecule has 2 rings (SSSR count). The maximum atomic E-state index is 12.5. The van der Waals surface area contributed by atoms with E-state index < -0.39 is 27.6 Å². The molecule has 1 aliphatic rings. The summed E-state index contributed by atoms with van der Waals surface area (Å²) in [6.07, 6.45) is 1.97. The molecule has 0 saturated carbocycles. The van der Waals surface area contributed by atoms with E-state index in [0.29, 0.717) is 13.0 Å². The highest BCUT2D eigenvalue weighted by molar-refractivity contribution is 7.91. The third-order valence-corrected chi connectivity index (χ3v) is 5.24. The van der Waals surface area contributed by atoms with Gasteiger partial charge in [0.2, 0.25) is 0 Å². The third-order valence-electron chi connectivity index (χ3n) is 3.34. The second-order valence-electron chi connectivity index (χ2n) is 6.43. The van der Waals surface area contributed by atoms with Crippen LogP contribution in [0, 0.1) is 0 Å². The van der Waals surface area contributed by atoms with Gasteiger partial charge >= 0.3 is 6.09 Å². The Morgan fingerprint density at radius 2 is 2.13 bits per heavy atom. The number of nitrogens with zero attached hydrogens (tertiary/aromatic N) is 3. The number of hydrogen-bond acceptors (Lipinski definition) is 6. The van der Waals surface area contributed by atoms with Gasteiger partial charge in [-0.1, -0.05) is 11.6 Å². The number of carbonyl (C=O) groups is 1. The van der Waals surface area contributed by atoms with E-state index in [1.807, 2.05) is 0 Å². The number of amides is 1. The van der Waals surface area contributed by atoms with Crippen molar-refractivity contribution in [3.05, 3.63) is 17.5 Å². The molecular weight excluding hydrogens is 342 g/mol. The maximum absolute atomic E-state index is 12.5. The molecular formula is C14H20ClN3O4S. The van der Waals surface area contributed by atoms with Gasteiger partial charge in [0.05, 0.1) is 5.75 Å². The Labute approximate surface area is 140 Å². The Hall–Kier alpha value is -1.41. The Kier molecular flexibility index (Phi) is 5.15. The van der Waals surface area contributed by atoms with Crippen LogP contribution in [-0.4, -0.2) is 53.3 Å². The predicted octanol–water partition coefficient (Wildman–Crippen LogP) is 2.30. The van der Waals surface area contributed by atoms with E-state index in [0.717, 1.165) is 12.7 Å². The van der Waals surface area contributed by atoms with E-state index in [2.05, 4.69) is 9.97 Å². The van der Waals surface area contributed by atoms with E-state index in [9.17, 15) is 13.2 Å². The van der Waals surface area contributed by atoms with E-state index in [4.69, 9.17) is 16.3 Å². The molecule has 0 N–H and O–H groups in total. The molecule has 1 fully saturated rings. The van der Waals surface area contributed by atoms with Crippen LogP contribution >= 0.6 is 11.6 Å². The average molecular weight is 362 g/mol. The minimum Gasteiger partial charge on any atom is -0.444 e. The summed E-state index contributed by atoms with van der Waals surface area (Å²) in [5.74, 6) is -0.209. The Bertz CT molecular complexity index is 688. The molecule has 2 heterocycles. The van der Waals surface area contributed by atoms with Crippen LogP contribution in [0.25, 0.3) is 0 Å². The third kappa shape index (κ3) is 4.78. The number of halogens is 1. The molecule has 128 valence electrons. The molecule has 7 nitrogen and oxygen atoms in total. The Morgan fingerprint density at radius 1 is 1.43 bits per heavy atom. The van der Waals surface area contributed by atoms with Crippen LogP contribution in [0.1, 0.15) is 33.6 Å². The molecule has 1 amide bonds. The van der Waals surface area contributed by atoms with Crippen LogP contribution < -0.4 is 0 Å². The van der Waals surface area contributed by atoms with Gasteiger partial charge in [-0.25, -0.2) is 23.2 Å². The summed E-state index contributed by atoms with van der Waals surface area (Å²) >= 11 is 5.72. The van der Waals surface area contributed by atoms with Crippen molar-refractivity contribution >= 4 is 27.5 Å². The molecule has 0 bridgehead atoms. The largest absolute Gasteiger partial charge is 0.444 e. The number of carbonyl (C=O) groups excluding carboxylic acids is 1. The van der Waals surface area contributed by atoms with Gasteiger partial charge in [-0.3, -0.25) is 0 Å². The lowest BCUT2D eigenvalue weighted by Gasteiger charge is -2.28. The zero-order valence-electron chi connectivity index (χ0n) is 13.3. The zero-order valence-corrected chi connectivity index (χ0v) is 14.9. The van der Waals surface area contributed by atoms with Crippen molar-refractivity contribution in [1.29, 1.82) is 0 Å². The Balaban J connectivity index is 2.13. The first-order valence-corrected chi connectivity index (χ1v) is 9.31. The fourth-order valence-electron chi connectivity index (χ4n) is 2.40. The maximum Gasteiger partial charge on any atom is 0.410 e. The van der Waals surface area contributed by atoms with Crippen molar-refractivity contribution < 1.29 is 17.9 Å². The second-order valence-corrected chi connectivity index (χ2v) is 8.80. The standard InChI is InChI=1S/C14H20ClN3O4S/c1-14(2,3)22-13(19)18-6-4-5-10(18)8-23(20,21)12-7-11(15)16-9-17-12/h7,9-10H,4-6,8H2,1-3H3. The monoisotopic (exact) mass is 361 g/mol. The lowest BCUT2D eigenvalue weighted by atomic mass is 10.2. The van der Waals surface area contributed by atoms with Crippen molar-refractivity contribution in [2.45, 2.75) is 50.3 Å². The van der Waals surface area contributed by atoms with E-state index >= 15 is 0 Å². The summed E-state index contributed by atoms with van der Waals surface area (Å²) in [4.78, 5) is 21.1. The summed E-state index contributed by atoms with van der Waals surface area (Å²) in [5, 5.41) is -0.0671. The van der Waals surface area contributed by atoms with Gasteiger partial charge in [-0.15, -0.1) is 0 Å². The normalized spacial score (nSPS) is 19.0. The number of likely N-dealkylation sites (tertiary alicyclic amines) is 1. The van der Waals surface area contributed by atoms with Crippen molar-refractivity contribution in [2.24, 2.45) is 0 Å². The quantitative estimate of drug-likeness (QED) is 0.767. The first kappa shape index (κ1) is 17.9. The molecule has 23 heavy (non-hydrogen) atoms. The fourth-order valence-corrected chi connectivity index (χ4v) is 4.13. The summed E-state index contributed by atoms with van der Waals surface area (Å²) in [6, 6.07) is 0.785. The predicted molar refractivity (Wildman–Crippen MR) is 85.1 cm³/mol. The van der Waals surface area contributed by atoms with Crippen LogP contribution in [0.2, 0.25) is 5.15 Å². The van der Waals surface area contributed by atoms with E-state index in [1.54, 1.807) is 20.8 Å².